The molecule has 2 N–H and O–H groups in total. The fraction of sp³-hybridized carbons (Fsp3) is 0.381. The molecule has 7 nitrogen and oxygen atoms in total. The first kappa shape index (κ1) is 22.7. The molecule has 0 radical (unpaired) electrons. The van der Waals surface area contributed by atoms with Crippen molar-refractivity contribution in [3.05, 3.63) is 52.6 Å². The molecule has 2 rings (SSSR count). The van der Waals surface area contributed by atoms with Gasteiger partial charge in [0.15, 0.2) is 6.61 Å². The molecule has 0 saturated heterocycles. The molecule has 0 bridgehead atoms. The van der Waals surface area contributed by atoms with Crippen molar-refractivity contribution in [1.82, 2.24) is 10.0 Å². The lowest BCUT2D eigenvalue weighted by atomic mass is 10.1. The molecule has 158 valence electrons. The van der Waals surface area contributed by atoms with Crippen LogP contribution < -0.4 is 19.5 Å². The summed E-state index contributed by atoms with van der Waals surface area (Å²) in [7, 11) is -2.33. The number of carbonyl (C=O) groups excluding carboxylic acids is 1. The van der Waals surface area contributed by atoms with Gasteiger partial charge in [-0.1, -0.05) is 17.7 Å². The molecular formula is C21H28N2O5S. The molecule has 0 unspecified atom stereocenters. The van der Waals surface area contributed by atoms with Crippen molar-refractivity contribution in [3.63, 3.8) is 0 Å². The molecule has 0 aliphatic carbocycles. The predicted molar refractivity (Wildman–Crippen MR) is 112 cm³/mol. The zero-order valence-electron chi connectivity index (χ0n) is 17.5. The maximum absolute atomic E-state index is 12.6. The van der Waals surface area contributed by atoms with Crippen LogP contribution in [0.25, 0.3) is 0 Å². The second-order valence-electron chi connectivity index (χ2n) is 6.89. The highest BCUT2D eigenvalue weighted by Gasteiger charge is 2.20. The Morgan fingerprint density at radius 3 is 2.28 bits per heavy atom. The number of sulfonamides is 1. The van der Waals surface area contributed by atoms with Gasteiger partial charge in [-0.25, -0.2) is 13.1 Å². The molecule has 2 aromatic carbocycles. The highest BCUT2D eigenvalue weighted by atomic mass is 32.2. The Morgan fingerprint density at radius 1 is 0.931 bits per heavy atom. The summed E-state index contributed by atoms with van der Waals surface area (Å²) in [6.45, 7) is 7.67. The molecule has 0 saturated carbocycles. The summed E-state index contributed by atoms with van der Waals surface area (Å²) in [6.07, 6.45) is 0. The third kappa shape index (κ3) is 6.20. The molecular weight excluding hydrogens is 392 g/mol. The summed E-state index contributed by atoms with van der Waals surface area (Å²) in [6, 6.07) is 8.98. The number of amides is 1. The van der Waals surface area contributed by atoms with Crippen LogP contribution in [-0.2, 0) is 14.8 Å². The molecule has 0 spiro atoms. The van der Waals surface area contributed by atoms with Crippen molar-refractivity contribution < 1.29 is 22.7 Å². The van der Waals surface area contributed by atoms with Gasteiger partial charge in [-0.05, 0) is 62.6 Å². The Bertz CT molecular complexity index is 987. The minimum Gasteiger partial charge on any atom is -0.495 e. The second-order valence-corrected chi connectivity index (χ2v) is 8.63. The third-order valence-electron chi connectivity index (χ3n) is 4.50. The van der Waals surface area contributed by atoms with E-state index >= 15 is 0 Å². The van der Waals surface area contributed by atoms with Crippen molar-refractivity contribution in [2.75, 3.05) is 26.8 Å². The fourth-order valence-electron chi connectivity index (χ4n) is 2.75. The van der Waals surface area contributed by atoms with Gasteiger partial charge in [0.2, 0.25) is 10.0 Å². The summed E-state index contributed by atoms with van der Waals surface area (Å²) in [5.74, 6) is 0.604. The monoisotopic (exact) mass is 420 g/mol. The SMILES string of the molecule is COc1cc(C)c(C)cc1S(=O)(=O)NCCNC(=O)COc1ccc(C)cc1C. The van der Waals surface area contributed by atoms with Gasteiger partial charge in [-0.3, -0.25) is 4.79 Å². The maximum atomic E-state index is 12.6. The first-order valence-corrected chi connectivity index (χ1v) is 10.7. The zero-order chi connectivity index (χ0) is 21.6. The van der Waals surface area contributed by atoms with Crippen LogP contribution in [0.1, 0.15) is 22.3 Å². The first-order chi connectivity index (χ1) is 13.6. The van der Waals surface area contributed by atoms with Crippen molar-refractivity contribution in [2.45, 2.75) is 32.6 Å². The Morgan fingerprint density at radius 2 is 1.62 bits per heavy atom. The average molecular weight is 421 g/mol. The van der Waals surface area contributed by atoms with E-state index in [1.165, 1.54) is 7.11 Å². The van der Waals surface area contributed by atoms with Crippen LogP contribution in [0.2, 0.25) is 0 Å². The van der Waals surface area contributed by atoms with Crippen molar-refractivity contribution in [2.24, 2.45) is 0 Å². The van der Waals surface area contributed by atoms with Crippen LogP contribution >= 0.6 is 0 Å². The van der Waals surface area contributed by atoms with Crippen LogP contribution in [0.3, 0.4) is 0 Å². The molecule has 0 aliphatic rings. The van der Waals surface area contributed by atoms with Crippen LogP contribution in [0.15, 0.2) is 35.2 Å². The quantitative estimate of drug-likeness (QED) is 0.608. The molecule has 0 aliphatic heterocycles. The minimum atomic E-state index is -3.76. The lowest BCUT2D eigenvalue weighted by molar-refractivity contribution is -0.123. The number of aryl methyl sites for hydroxylation is 4. The smallest absolute Gasteiger partial charge is 0.257 e. The van der Waals surface area contributed by atoms with Crippen molar-refractivity contribution in [1.29, 1.82) is 0 Å². The van der Waals surface area contributed by atoms with Gasteiger partial charge >= 0.3 is 0 Å². The van der Waals surface area contributed by atoms with E-state index in [0.29, 0.717) is 5.75 Å². The Kier molecular flexibility index (Phi) is 7.64. The van der Waals surface area contributed by atoms with Gasteiger partial charge in [0.05, 0.1) is 7.11 Å². The second kappa shape index (κ2) is 9.76. The third-order valence-corrected chi connectivity index (χ3v) is 5.98. The zero-order valence-corrected chi connectivity index (χ0v) is 18.3. The van der Waals surface area contributed by atoms with E-state index in [1.807, 2.05) is 45.9 Å². The molecule has 0 atom stereocenters. The number of hydrogen-bond acceptors (Lipinski definition) is 5. The molecule has 0 heterocycles. The fourth-order valence-corrected chi connectivity index (χ4v) is 4.02. The predicted octanol–water partition coefficient (Wildman–Crippen LogP) is 2.40. The highest BCUT2D eigenvalue weighted by Crippen LogP contribution is 2.27. The van der Waals surface area contributed by atoms with Crippen LogP contribution in [-0.4, -0.2) is 41.1 Å². The normalized spacial score (nSPS) is 11.2. The topological polar surface area (TPSA) is 93.7 Å². The first-order valence-electron chi connectivity index (χ1n) is 9.25. The van der Waals surface area contributed by atoms with Gasteiger partial charge in [0.25, 0.3) is 5.91 Å². The number of benzene rings is 2. The van der Waals surface area contributed by atoms with Gasteiger partial charge in [-0.2, -0.15) is 0 Å². The summed E-state index contributed by atoms with van der Waals surface area (Å²) < 4.78 is 38.3. The number of rotatable bonds is 9. The van der Waals surface area contributed by atoms with Crippen LogP contribution in [0.5, 0.6) is 11.5 Å². The van der Waals surface area contributed by atoms with Crippen LogP contribution in [0.4, 0.5) is 0 Å². The van der Waals surface area contributed by atoms with E-state index < -0.39 is 10.0 Å². The maximum Gasteiger partial charge on any atom is 0.257 e. The number of hydrogen-bond donors (Lipinski definition) is 2. The summed E-state index contributed by atoms with van der Waals surface area (Å²) >= 11 is 0. The van der Waals surface area contributed by atoms with Gasteiger partial charge in [0.1, 0.15) is 16.4 Å². The molecule has 0 fully saturated rings. The van der Waals surface area contributed by atoms with E-state index in [0.717, 1.165) is 22.3 Å². The van der Waals surface area contributed by atoms with Crippen molar-refractivity contribution >= 4 is 15.9 Å². The molecule has 1 amide bonds. The van der Waals surface area contributed by atoms with E-state index in [2.05, 4.69) is 10.0 Å². The Labute approximate surface area is 172 Å². The van der Waals surface area contributed by atoms with E-state index in [1.54, 1.807) is 12.1 Å². The minimum absolute atomic E-state index is 0.0493. The summed E-state index contributed by atoms with van der Waals surface area (Å²) in [4.78, 5) is 12.0. The molecule has 29 heavy (non-hydrogen) atoms. The Hall–Kier alpha value is -2.58. The van der Waals surface area contributed by atoms with Crippen LogP contribution in [0, 0.1) is 27.7 Å². The largest absolute Gasteiger partial charge is 0.495 e. The summed E-state index contributed by atoms with van der Waals surface area (Å²) in [5.41, 5.74) is 3.86. The lowest BCUT2D eigenvalue weighted by Crippen LogP contribution is -2.37. The van der Waals surface area contributed by atoms with Gasteiger partial charge in [-0.15, -0.1) is 0 Å². The van der Waals surface area contributed by atoms with E-state index in [4.69, 9.17) is 9.47 Å². The number of methoxy groups -OCH3 is 1. The van der Waals surface area contributed by atoms with Crippen molar-refractivity contribution in [3.8, 4) is 11.5 Å². The summed E-state index contributed by atoms with van der Waals surface area (Å²) in [5, 5.41) is 2.63. The van der Waals surface area contributed by atoms with Gasteiger partial charge in [0, 0.05) is 13.1 Å². The van der Waals surface area contributed by atoms with E-state index in [-0.39, 0.29) is 36.2 Å². The average Bonchev–Trinajstić information content (AvgIpc) is 2.66. The standard InChI is InChI=1S/C21H28N2O5S/c1-14-6-7-18(17(4)10-14)28-13-21(24)22-8-9-23-29(25,26)20-12-16(3)15(2)11-19(20)27-5/h6-7,10-12,23H,8-9,13H2,1-5H3,(H,22,24). The Balaban J connectivity index is 1.85. The highest BCUT2D eigenvalue weighted by molar-refractivity contribution is 7.89. The lowest BCUT2D eigenvalue weighted by Gasteiger charge is -2.13. The van der Waals surface area contributed by atoms with E-state index in [9.17, 15) is 13.2 Å². The number of ether oxygens (including phenoxy) is 2. The molecule has 8 heteroatoms. The molecule has 0 aromatic heterocycles. The van der Waals surface area contributed by atoms with Gasteiger partial charge < -0.3 is 14.8 Å². The number of carbonyl (C=O) groups is 1. The number of nitrogens with one attached hydrogen (secondary N) is 2. The molecule has 2 aromatic rings.